The van der Waals surface area contributed by atoms with Crippen molar-refractivity contribution in [1.29, 1.82) is 0 Å². The monoisotopic (exact) mass is 354 g/mol. The molecule has 1 atom stereocenters. The number of benzene rings is 1. The number of carbonyl (C=O) groups is 2. The molecule has 24 heavy (non-hydrogen) atoms. The Labute approximate surface area is 145 Å². The largest absolute Gasteiger partial charge is 0.493 e. The number of esters is 1. The highest BCUT2D eigenvalue weighted by atomic mass is 32.2. The molecule has 1 heterocycles. The van der Waals surface area contributed by atoms with Crippen LogP contribution in [0.25, 0.3) is 0 Å². The number of nitrogens with one attached hydrogen (secondary N) is 2. The van der Waals surface area contributed by atoms with Crippen LogP contribution in [0.4, 0.5) is 5.69 Å². The average Bonchev–Trinajstić information content (AvgIpc) is 2.60. The number of hydrogen-bond donors (Lipinski definition) is 2. The van der Waals surface area contributed by atoms with Crippen LogP contribution >= 0.6 is 11.8 Å². The normalized spacial score (nSPS) is 17.0. The Morgan fingerprint density at radius 1 is 1.29 bits per heavy atom. The quantitative estimate of drug-likeness (QED) is 0.749. The van der Waals surface area contributed by atoms with E-state index in [-0.39, 0.29) is 17.5 Å². The molecule has 7 nitrogen and oxygen atoms in total. The highest BCUT2D eigenvalue weighted by Crippen LogP contribution is 2.37. The lowest BCUT2D eigenvalue weighted by Gasteiger charge is -2.23. The van der Waals surface area contributed by atoms with Crippen molar-refractivity contribution < 1.29 is 23.8 Å². The molecule has 0 aromatic heterocycles. The van der Waals surface area contributed by atoms with E-state index in [2.05, 4.69) is 10.6 Å². The number of ether oxygens (including phenoxy) is 3. The van der Waals surface area contributed by atoms with E-state index in [9.17, 15) is 9.59 Å². The smallest absolute Gasteiger partial charge is 0.338 e. The molecule has 1 fully saturated rings. The summed E-state index contributed by atoms with van der Waals surface area (Å²) in [5.74, 6) is 2.00. The Balaban J connectivity index is 2.19. The molecule has 1 aliphatic rings. The fraction of sp³-hybridized carbons (Fsp3) is 0.500. The second kappa shape index (κ2) is 8.79. The van der Waals surface area contributed by atoms with Gasteiger partial charge < -0.3 is 24.8 Å². The minimum Gasteiger partial charge on any atom is -0.493 e. The third-order valence-corrected chi connectivity index (χ3v) is 4.74. The molecule has 0 saturated carbocycles. The summed E-state index contributed by atoms with van der Waals surface area (Å²) in [6.45, 7) is 0.900. The zero-order chi connectivity index (χ0) is 17.5. The maximum Gasteiger partial charge on any atom is 0.338 e. The summed E-state index contributed by atoms with van der Waals surface area (Å²) >= 11 is 1.83. The number of carbonyl (C=O) groups excluding carboxylic acids is 2. The second-order valence-corrected chi connectivity index (χ2v) is 6.38. The molecular formula is C16H22N2O5S. The van der Waals surface area contributed by atoms with Gasteiger partial charge in [-0.1, -0.05) is 0 Å². The van der Waals surface area contributed by atoms with Crippen LogP contribution < -0.4 is 20.1 Å². The Morgan fingerprint density at radius 2 is 2.08 bits per heavy atom. The zero-order valence-electron chi connectivity index (χ0n) is 14.0. The maximum atomic E-state index is 12.3. The summed E-state index contributed by atoms with van der Waals surface area (Å²) in [4.78, 5) is 24.1. The van der Waals surface area contributed by atoms with Crippen LogP contribution in [0.5, 0.6) is 11.5 Å². The van der Waals surface area contributed by atoms with Gasteiger partial charge in [-0.2, -0.15) is 11.8 Å². The Morgan fingerprint density at radius 3 is 2.67 bits per heavy atom. The first-order valence-electron chi connectivity index (χ1n) is 7.54. The molecule has 1 saturated heterocycles. The summed E-state index contributed by atoms with van der Waals surface area (Å²) in [5.41, 5.74) is 0.655. The van der Waals surface area contributed by atoms with Crippen LogP contribution in [-0.4, -0.2) is 57.3 Å². The number of hydrogen-bond acceptors (Lipinski definition) is 7. The van der Waals surface area contributed by atoms with Crippen molar-refractivity contribution >= 4 is 29.3 Å². The molecule has 132 valence electrons. The molecule has 1 unspecified atom stereocenters. The lowest BCUT2D eigenvalue weighted by molar-refractivity contribution is -0.116. The molecule has 8 heteroatoms. The van der Waals surface area contributed by atoms with Crippen molar-refractivity contribution in [3.63, 3.8) is 0 Å². The summed E-state index contributed by atoms with van der Waals surface area (Å²) in [5, 5.41) is 6.12. The van der Waals surface area contributed by atoms with Crippen molar-refractivity contribution in [3.8, 4) is 11.5 Å². The van der Waals surface area contributed by atoms with Gasteiger partial charge in [-0.15, -0.1) is 0 Å². The van der Waals surface area contributed by atoms with E-state index in [0.29, 0.717) is 23.6 Å². The third-order valence-electron chi connectivity index (χ3n) is 3.60. The minimum absolute atomic E-state index is 0.139. The standard InChI is InChI=1S/C16H22N2O5S/c1-21-13-7-10(16(20)23-3)6-12(15(13)22-2)18-14(19)8-11-9-24-5-4-17-11/h6-7,11,17H,4-5,8-9H2,1-3H3,(H,18,19). The molecule has 0 spiro atoms. The van der Waals surface area contributed by atoms with E-state index in [4.69, 9.17) is 14.2 Å². The fourth-order valence-corrected chi connectivity index (χ4v) is 3.42. The summed E-state index contributed by atoms with van der Waals surface area (Å²) in [6.07, 6.45) is 0.348. The molecule has 0 aliphatic carbocycles. The Bertz CT molecular complexity index is 602. The Kier molecular flexibility index (Phi) is 6.74. The zero-order valence-corrected chi connectivity index (χ0v) is 14.8. The first-order chi connectivity index (χ1) is 11.6. The van der Waals surface area contributed by atoms with Crippen molar-refractivity contribution in [2.45, 2.75) is 12.5 Å². The number of rotatable bonds is 6. The number of thioether (sulfide) groups is 1. The second-order valence-electron chi connectivity index (χ2n) is 5.23. The molecule has 2 N–H and O–H groups in total. The number of methoxy groups -OCH3 is 3. The summed E-state index contributed by atoms with van der Waals surface area (Å²) in [7, 11) is 4.24. The third kappa shape index (κ3) is 4.55. The van der Waals surface area contributed by atoms with Gasteiger partial charge in [-0.3, -0.25) is 4.79 Å². The van der Waals surface area contributed by atoms with E-state index in [1.54, 1.807) is 0 Å². The van der Waals surface area contributed by atoms with E-state index in [1.807, 2.05) is 11.8 Å². The topological polar surface area (TPSA) is 85.9 Å². The number of amides is 1. The molecule has 1 aromatic rings. The molecule has 1 aromatic carbocycles. The van der Waals surface area contributed by atoms with Gasteiger partial charge in [0, 0.05) is 30.5 Å². The van der Waals surface area contributed by atoms with Crippen LogP contribution in [0, 0.1) is 0 Å². The van der Waals surface area contributed by atoms with Crippen LogP contribution in [-0.2, 0) is 9.53 Å². The highest BCUT2D eigenvalue weighted by molar-refractivity contribution is 7.99. The molecule has 0 radical (unpaired) electrons. The van der Waals surface area contributed by atoms with Gasteiger partial charge in [-0.25, -0.2) is 4.79 Å². The van der Waals surface area contributed by atoms with Crippen LogP contribution in [0.15, 0.2) is 12.1 Å². The predicted octanol–water partition coefficient (Wildman–Crippen LogP) is 1.52. The Hall–Kier alpha value is -1.93. The summed E-state index contributed by atoms with van der Waals surface area (Å²) in [6, 6.07) is 3.17. The van der Waals surface area contributed by atoms with E-state index in [0.717, 1.165) is 18.1 Å². The van der Waals surface area contributed by atoms with E-state index >= 15 is 0 Å². The van der Waals surface area contributed by atoms with Gasteiger partial charge in [0.1, 0.15) is 0 Å². The van der Waals surface area contributed by atoms with Crippen molar-refractivity contribution in [1.82, 2.24) is 5.32 Å². The first-order valence-corrected chi connectivity index (χ1v) is 8.69. The van der Waals surface area contributed by atoms with Crippen LogP contribution in [0.3, 0.4) is 0 Å². The lowest BCUT2D eigenvalue weighted by atomic mass is 10.1. The SMILES string of the molecule is COC(=O)c1cc(NC(=O)CC2CSCCN2)c(OC)c(OC)c1. The fourth-order valence-electron chi connectivity index (χ4n) is 2.47. The highest BCUT2D eigenvalue weighted by Gasteiger charge is 2.21. The van der Waals surface area contributed by atoms with Gasteiger partial charge in [-0.05, 0) is 12.1 Å². The average molecular weight is 354 g/mol. The lowest BCUT2D eigenvalue weighted by Crippen LogP contribution is -2.39. The van der Waals surface area contributed by atoms with E-state index in [1.165, 1.54) is 33.5 Å². The van der Waals surface area contributed by atoms with Gasteiger partial charge in [0.15, 0.2) is 11.5 Å². The van der Waals surface area contributed by atoms with Crippen molar-refractivity contribution in [2.24, 2.45) is 0 Å². The minimum atomic E-state index is -0.517. The van der Waals surface area contributed by atoms with Crippen LogP contribution in [0.1, 0.15) is 16.8 Å². The van der Waals surface area contributed by atoms with Crippen molar-refractivity contribution in [3.05, 3.63) is 17.7 Å². The summed E-state index contributed by atoms with van der Waals surface area (Å²) < 4.78 is 15.3. The van der Waals surface area contributed by atoms with Gasteiger partial charge in [0.25, 0.3) is 0 Å². The molecule has 2 rings (SSSR count). The molecular weight excluding hydrogens is 332 g/mol. The van der Waals surface area contributed by atoms with Gasteiger partial charge in [0.05, 0.1) is 32.6 Å². The van der Waals surface area contributed by atoms with Gasteiger partial charge >= 0.3 is 5.97 Å². The first kappa shape index (κ1) is 18.4. The van der Waals surface area contributed by atoms with Crippen molar-refractivity contribution in [2.75, 3.05) is 44.7 Å². The maximum absolute atomic E-state index is 12.3. The number of anilines is 1. The predicted molar refractivity (Wildman–Crippen MR) is 93.2 cm³/mol. The molecule has 1 aliphatic heterocycles. The molecule has 1 amide bonds. The molecule has 0 bridgehead atoms. The van der Waals surface area contributed by atoms with Crippen LogP contribution in [0.2, 0.25) is 0 Å². The van der Waals surface area contributed by atoms with Gasteiger partial charge in [0.2, 0.25) is 5.91 Å². The van der Waals surface area contributed by atoms with E-state index < -0.39 is 5.97 Å².